The van der Waals surface area contributed by atoms with Gasteiger partial charge < -0.3 is 10.6 Å². The molecule has 0 aromatic heterocycles. The zero-order chi connectivity index (χ0) is 14.1. The molecule has 100 valence electrons. The minimum atomic E-state index is -0.402. The van der Waals surface area contributed by atoms with E-state index in [1.165, 1.54) is 6.20 Å². The van der Waals surface area contributed by atoms with Crippen LogP contribution in [0.25, 0.3) is 0 Å². The van der Waals surface area contributed by atoms with Crippen LogP contribution in [0.3, 0.4) is 0 Å². The van der Waals surface area contributed by atoms with Crippen molar-refractivity contribution in [3.8, 4) is 6.07 Å². The van der Waals surface area contributed by atoms with Crippen molar-refractivity contribution in [1.29, 1.82) is 5.26 Å². The van der Waals surface area contributed by atoms with Gasteiger partial charge in [-0.3, -0.25) is 4.79 Å². The van der Waals surface area contributed by atoms with Crippen LogP contribution in [-0.4, -0.2) is 18.3 Å². The topological polar surface area (TPSA) is 64.9 Å². The second-order valence-electron chi connectivity index (χ2n) is 3.92. The SMILES string of the molecule is CC(NC(=O)/C(C#N)=C\NCCCl)c1ccccc1. The average Bonchev–Trinajstić information content (AvgIpc) is 2.44. The normalized spacial score (nSPS) is 12.4. The maximum Gasteiger partial charge on any atom is 0.263 e. The summed E-state index contributed by atoms with van der Waals surface area (Å²) in [5.74, 6) is 0.0120. The van der Waals surface area contributed by atoms with Gasteiger partial charge in [0.05, 0.1) is 6.04 Å². The van der Waals surface area contributed by atoms with E-state index in [1.54, 1.807) is 0 Å². The summed E-state index contributed by atoms with van der Waals surface area (Å²) in [6.45, 7) is 2.38. The van der Waals surface area contributed by atoms with Crippen LogP contribution in [0.2, 0.25) is 0 Å². The van der Waals surface area contributed by atoms with E-state index in [-0.39, 0.29) is 11.6 Å². The van der Waals surface area contributed by atoms with Crippen molar-refractivity contribution in [3.05, 3.63) is 47.7 Å². The van der Waals surface area contributed by atoms with Crippen LogP contribution >= 0.6 is 11.6 Å². The van der Waals surface area contributed by atoms with E-state index in [1.807, 2.05) is 43.3 Å². The van der Waals surface area contributed by atoms with Crippen molar-refractivity contribution >= 4 is 17.5 Å². The zero-order valence-corrected chi connectivity index (χ0v) is 11.4. The lowest BCUT2D eigenvalue weighted by atomic mass is 10.1. The highest BCUT2D eigenvalue weighted by molar-refractivity contribution is 6.18. The number of hydrogen-bond donors (Lipinski definition) is 2. The number of halogens is 1. The number of benzene rings is 1. The Morgan fingerprint density at radius 2 is 2.16 bits per heavy atom. The highest BCUT2D eigenvalue weighted by atomic mass is 35.5. The first-order valence-electron chi connectivity index (χ1n) is 5.94. The molecule has 2 N–H and O–H groups in total. The summed E-state index contributed by atoms with van der Waals surface area (Å²) in [4.78, 5) is 11.9. The first-order chi connectivity index (χ1) is 9.19. The Labute approximate surface area is 118 Å². The predicted octanol–water partition coefficient (Wildman–Crippen LogP) is 2.10. The van der Waals surface area contributed by atoms with E-state index in [4.69, 9.17) is 16.9 Å². The van der Waals surface area contributed by atoms with Crippen molar-refractivity contribution in [2.75, 3.05) is 12.4 Å². The minimum Gasteiger partial charge on any atom is -0.388 e. The third-order valence-corrected chi connectivity index (χ3v) is 2.69. The fourth-order valence-corrected chi connectivity index (χ4v) is 1.59. The van der Waals surface area contributed by atoms with Crippen LogP contribution in [0.4, 0.5) is 0 Å². The number of amides is 1. The van der Waals surface area contributed by atoms with E-state index in [0.717, 1.165) is 5.56 Å². The van der Waals surface area contributed by atoms with Crippen LogP contribution < -0.4 is 10.6 Å². The summed E-state index contributed by atoms with van der Waals surface area (Å²) >= 11 is 5.50. The third-order valence-electron chi connectivity index (χ3n) is 2.50. The molecule has 1 aromatic carbocycles. The zero-order valence-electron chi connectivity index (χ0n) is 10.7. The largest absolute Gasteiger partial charge is 0.388 e. The molecule has 0 aliphatic heterocycles. The van der Waals surface area contributed by atoms with Gasteiger partial charge in [0.15, 0.2) is 0 Å². The molecule has 0 saturated carbocycles. The molecule has 1 atom stereocenters. The lowest BCUT2D eigenvalue weighted by Crippen LogP contribution is -2.28. The highest BCUT2D eigenvalue weighted by Gasteiger charge is 2.13. The van der Waals surface area contributed by atoms with Gasteiger partial charge in [-0.2, -0.15) is 5.26 Å². The molecule has 19 heavy (non-hydrogen) atoms. The first-order valence-corrected chi connectivity index (χ1v) is 6.48. The Kier molecular flexibility index (Phi) is 6.48. The number of rotatable bonds is 6. The molecule has 1 amide bonds. The molecule has 1 unspecified atom stereocenters. The van der Waals surface area contributed by atoms with E-state index in [2.05, 4.69) is 10.6 Å². The van der Waals surface area contributed by atoms with Gasteiger partial charge in [0, 0.05) is 18.6 Å². The van der Waals surface area contributed by atoms with Crippen LogP contribution in [0.1, 0.15) is 18.5 Å². The Balaban J connectivity index is 2.63. The molecule has 0 fully saturated rings. The molecule has 1 rings (SSSR count). The van der Waals surface area contributed by atoms with Gasteiger partial charge in [0.1, 0.15) is 11.6 Å². The average molecular weight is 278 g/mol. The molecule has 0 spiro atoms. The fourth-order valence-electron chi connectivity index (χ4n) is 1.48. The third kappa shape index (κ3) is 5.02. The van der Waals surface area contributed by atoms with Crippen molar-refractivity contribution < 1.29 is 4.79 Å². The minimum absolute atomic E-state index is 0.0351. The molecular formula is C14H16ClN3O. The molecule has 1 aromatic rings. The number of alkyl halides is 1. The standard InChI is InChI=1S/C14H16ClN3O/c1-11(12-5-3-2-4-6-12)18-14(19)13(9-16)10-17-8-7-15/h2-6,10-11,17H,7-8H2,1H3,(H,18,19)/b13-10-. The van der Waals surface area contributed by atoms with E-state index in [0.29, 0.717) is 12.4 Å². The van der Waals surface area contributed by atoms with E-state index >= 15 is 0 Å². The molecular weight excluding hydrogens is 262 g/mol. The molecule has 4 nitrogen and oxygen atoms in total. The first kappa shape index (κ1) is 15.1. The Bertz CT molecular complexity index is 479. The predicted molar refractivity (Wildman–Crippen MR) is 75.4 cm³/mol. The number of carbonyl (C=O) groups is 1. The van der Waals surface area contributed by atoms with Gasteiger partial charge in [0.2, 0.25) is 0 Å². The second kappa shape index (κ2) is 8.17. The molecule has 5 heteroatoms. The summed E-state index contributed by atoms with van der Waals surface area (Å²) in [6, 6.07) is 11.3. The van der Waals surface area contributed by atoms with Gasteiger partial charge in [-0.25, -0.2) is 0 Å². The molecule has 0 heterocycles. The number of hydrogen-bond acceptors (Lipinski definition) is 3. The van der Waals surface area contributed by atoms with E-state index < -0.39 is 5.91 Å². The number of carbonyl (C=O) groups excluding carboxylic acids is 1. The molecule has 0 radical (unpaired) electrons. The molecule has 0 aliphatic carbocycles. The van der Waals surface area contributed by atoms with E-state index in [9.17, 15) is 4.79 Å². The molecule has 0 aliphatic rings. The lowest BCUT2D eigenvalue weighted by molar-refractivity contribution is -0.117. The van der Waals surface area contributed by atoms with Crippen LogP contribution in [0.5, 0.6) is 0 Å². The Hall–Kier alpha value is -1.99. The number of nitrogens with zero attached hydrogens (tertiary/aromatic N) is 1. The second-order valence-corrected chi connectivity index (χ2v) is 4.30. The van der Waals surface area contributed by atoms with Crippen molar-refractivity contribution in [2.24, 2.45) is 0 Å². The summed E-state index contributed by atoms with van der Waals surface area (Å²) in [5.41, 5.74) is 1.02. The van der Waals surface area contributed by atoms with Crippen molar-refractivity contribution in [3.63, 3.8) is 0 Å². The number of nitrogens with one attached hydrogen (secondary N) is 2. The van der Waals surface area contributed by atoms with Crippen LogP contribution in [0.15, 0.2) is 42.1 Å². The van der Waals surface area contributed by atoms with Crippen molar-refractivity contribution in [2.45, 2.75) is 13.0 Å². The number of nitriles is 1. The van der Waals surface area contributed by atoms with Crippen LogP contribution in [0, 0.1) is 11.3 Å². The lowest BCUT2D eigenvalue weighted by Gasteiger charge is -2.13. The molecule has 0 bridgehead atoms. The summed E-state index contributed by atoms with van der Waals surface area (Å²) in [5, 5.41) is 14.5. The van der Waals surface area contributed by atoms with Gasteiger partial charge in [-0.05, 0) is 12.5 Å². The smallest absolute Gasteiger partial charge is 0.263 e. The monoisotopic (exact) mass is 277 g/mol. The van der Waals surface area contributed by atoms with Crippen LogP contribution in [-0.2, 0) is 4.79 Å². The van der Waals surface area contributed by atoms with Crippen molar-refractivity contribution in [1.82, 2.24) is 10.6 Å². The summed E-state index contributed by atoms with van der Waals surface area (Å²) in [7, 11) is 0. The maximum atomic E-state index is 11.9. The van der Waals surface area contributed by atoms with Gasteiger partial charge in [-0.15, -0.1) is 11.6 Å². The Morgan fingerprint density at radius 1 is 1.47 bits per heavy atom. The van der Waals surface area contributed by atoms with Gasteiger partial charge >= 0.3 is 0 Å². The quantitative estimate of drug-likeness (QED) is 0.362. The Morgan fingerprint density at radius 3 is 2.74 bits per heavy atom. The summed E-state index contributed by atoms with van der Waals surface area (Å²) in [6.07, 6.45) is 1.38. The molecule has 0 saturated heterocycles. The highest BCUT2D eigenvalue weighted by Crippen LogP contribution is 2.11. The van der Waals surface area contributed by atoms with Gasteiger partial charge in [-0.1, -0.05) is 30.3 Å². The van der Waals surface area contributed by atoms with Gasteiger partial charge in [0.25, 0.3) is 5.91 Å². The maximum absolute atomic E-state index is 11.9. The summed E-state index contributed by atoms with van der Waals surface area (Å²) < 4.78 is 0. The fraction of sp³-hybridized carbons (Fsp3) is 0.286.